The molecule has 0 aliphatic carbocycles. The first-order valence-corrected chi connectivity index (χ1v) is 5.43. The predicted molar refractivity (Wildman–Crippen MR) is 58.5 cm³/mol. The van der Waals surface area contributed by atoms with Crippen LogP contribution in [0.4, 0.5) is 0 Å². The maximum absolute atomic E-state index is 11.3. The molecular weight excluding hydrogens is 188 g/mol. The van der Waals surface area contributed by atoms with Gasteiger partial charge in [-0.2, -0.15) is 0 Å². The molecule has 0 amide bonds. The molecule has 1 aromatic carbocycles. The second-order valence-corrected chi connectivity index (χ2v) is 4.42. The Labute approximate surface area is 90.3 Å². The van der Waals surface area contributed by atoms with Crippen LogP contribution in [0.5, 0.6) is 0 Å². The molecule has 2 atom stereocenters. The van der Waals surface area contributed by atoms with Crippen molar-refractivity contribution < 1.29 is 9.53 Å². The number of cyclic esters (lactones) is 1. The van der Waals surface area contributed by atoms with Gasteiger partial charge in [0.2, 0.25) is 0 Å². The molecule has 0 spiro atoms. The van der Waals surface area contributed by atoms with Crippen LogP contribution in [-0.2, 0) is 9.53 Å². The van der Waals surface area contributed by atoms with E-state index in [1.54, 1.807) is 0 Å². The van der Waals surface area contributed by atoms with Crippen LogP contribution in [0.1, 0.15) is 31.7 Å². The van der Waals surface area contributed by atoms with Crippen LogP contribution in [0.3, 0.4) is 0 Å². The van der Waals surface area contributed by atoms with E-state index in [1.165, 1.54) is 5.56 Å². The fourth-order valence-corrected chi connectivity index (χ4v) is 2.19. The van der Waals surface area contributed by atoms with E-state index in [-0.39, 0.29) is 18.0 Å². The zero-order chi connectivity index (χ0) is 10.8. The minimum absolute atomic E-state index is 0.0416. The highest BCUT2D eigenvalue weighted by molar-refractivity contribution is 5.73. The molecule has 0 saturated carbocycles. The average Bonchev–Trinajstić information content (AvgIpc) is 2.62. The van der Waals surface area contributed by atoms with E-state index in [9.17, 15) is 4.79 Å². The van der Waals surface area contributed by atoms with E-state index in [0.29, 0.717) is 12.3 Å². The number of rotatable bonds is 2. The van der Waals surface area contributed by atoms with Gasteiger partial charge in [0.1, 0.15) is 6.10 Å². The maximum atomic E-state index is 11.3. The first-order chi connectivity index (χ1) is 7.18. The van der Waals surface area contributed by atoms with Crippen molar-refractivity contribution in [3.8, 4) is 0 Å². The summed E-state index contributed by atoms with van der Waals surface area (Å²) in [4.78, 5) is 11.3. The molecule has 80 valence electrons. The monoisotopic (exact) mass is 204 g/mol. The highest BCUT2D eigenvalue weighted by Crippen LogP contribution is 2.35. The van der Waals surface area contributed by atoms with Gasteiger partial charge in [0.05, 0.1) is 6.42 Å². The fraction of sp³-hybridized carbons (Fsp3) is 0.462. The topological polar surface area (TPSA) is 26.3 Å². The second-order valence-electron chi connectivity index (χ2n) is 4.42. The van der Waals surface area contributed by atoms with Crippen molar-refractivity contribution >= 4 is 5.97 Å². The summed E-state index contributed by atoms with van der Waals surface area (Å²) < 4.78 is 5.35. The number of esters is 1. The van der Waals surface area contributed by atoms with Crippen LogP contribution in [-0.4, -0.2) is 12.1 Å². The normalized spacial score (nSPS) is 25.7. The van der Waals surface area contributed by atoms with E-state index in [2.05, 4.69) is 26.0 Å². The Kier molecular flexibility index (Phi) is 2.76. The first-order valence-electron chi connectivity index (χ1n) is 5.43. The number of carbonyl (C=O) groups excluding carboxylic acids is 1. The largest absolute Gasteiger partial charge is 0.461 e. The van der Waals surface area contributed by atoms with Crippen LogP contribution >= 0.6 is 0 Å². The second kappa shape index (κ2) is 4.05. The molecule has 0 N–H and O–H groups in total. The van der Waals surface area contributed by atoms with Gasteiger partial charge in [-0.1, -0.05) is 44.2 Å². The summed E-state index contributed by atoms with van der Waals surface area (Å²) in [7, 11) is 0. The molecule has 2 nitrogen and oxygen atoms in total. The SMILES string of the molecule is CC(C)C1OC(=O)CC1c1ccccc1. The van der Waals surface area contributed by atoms with Gasteiger partial charge in [-0.05, 0) is 11.5 Å². The number of ether oxygens (including phenoxy) is 1. The molecule has 2 rings (SSSR count). The lowest BCUT2D eigenvalue weighted by atomic mass is 9.87. The van der Waals surface area contributed by atoms with Gasteiger partial charge in [-0.3, -0.25) is 4.79 Å². The van der Waals surface area contributed by atoms with E-state index in [1.807, 2.05) is 18.2 Å². The summed E-state index contributed by atoms with van der Waals surface area (Å²) in [5.74, 6) is 0.544. The summed E-state index contributed by atoms with van der Waals surface area (Å²) in [6.45, 7) is 4.19. The summed E-state index contributed by atoms with van der Waals surface area (Å²) in [5, 5.41) is 0. The highest BCUT2D eigenvalue weighted by Gasteiger charge is 2.37. The third-order valence-corrected chi connectivity index (χ3v) is 2.94. The first kappa shape index (κ1) is 10.2. The van der Waals surface area contributed by atoms with Gasteiger partial charge < -0.3 is 4.74 Å². The molecule has 0 radical (unpaired) electrons. The number of benzene rings is 1. The van der Waals surface area contributed by atoms with Gasteiger partial charge in [0.15, 0.2) is 0 Å². The summed E-state index contributed by atoms with van der Waals surface area (Å²) in [6.07, 6.45) is 0.562. The minimum Gasteiger partial charge on any atom is -0.461 e. The molecule has 15 heavy (non-hydrogen) atoms. The van der Waals surface area contributed by atoms with Crippen molar-refractivity contribution in [3.05, 3.63) is 35.9 Å². The van der Waals surface area contributed by atoms with Gasteiger partial charge in [0, 0.05) is 5.92 Å². The lowest BCUT2D eigenvalue weighted by Gasteiger charge is -2.21. The summed E-state index contributed by atoms with van der Waals surface area (Å²) in [5.41, 5.74) is 1.21. The van der Waals surface area contributed by atoms with Crippen molar-refractivity contribution in [1.29, 1.82) is 0 Å². The molecule has 0 bridgehead atoms. The molecule has 1 saturated heterocycles. The Hall–Kier alpha value is -1.31. The molecule has 2 unspecified atom stereocenters. The Morgan fingerprint density at radius 2 is 1.93 bits per heavy atom. The number of hydrogen-bond donors (Lipinski definition) is 0. The maximum Gasteiger partial charge on any atom is 0.306 e. The lowest BCUT2D eigenvalue weighted by molar-refractivity contribution is -0.142. The van der Waals surface area contributed by atoms with Crippen LogP contribution in [0.15, 0.2) is 30.3 Å². The Morgan fingerprint density at radius 1 is 1.27 bits per heavy atom. The van der Waals surface area contributed by atoms with Crippen molar-refractivity contribution in [2.24, 2.45) is 5.92 Å². The minimum atomic E-state index is -0.0671. The van der Waals surface area contributed by atoms with Crippen LogP contribution < -0.4 is 0 Å². The smallest absolute Gasteiger partial charge is 0.306 e. The van der Waals surface area contributed by atoms with E-state index in [4.69, 9.17) is 4.74 Å². The molecule has 1 heterocycles. The summed E-state index contributed by atoms with van der Waals surface area (Å²) >= 11 is 0. The predicted octanol–water partition coefficient (Wildman–Crippen LogP) is 2.74. The molecule has 1 aliphatic heterocycles. The Morgan fingerprint density at radius 3 is 2.53 bits per heavy atom. The van der Waals surface area contributed by atoms with Gasteiger partial charge >= 0.3 is 5.97 Å². The average molecular weight is 204 g/mol. The van der Waals surface area contributed by atoms with Crippen LogP contribution in [0.2, 0.25) is 0 Å². The molecule has 1 aliphatic rings. The van der Waals surface area contributed by atoms with Gasteiger partial charge in [0.25, 0.3) is 0 Å². The van der Waals surface area contributed by atoms with Crippen molar-refractivity contribution in [3.63, 3.8) is 0 Å². The van der Waals surface area contributed by atoms with E-state index in [0.717, 1.165) is 0 Å². The lowest BCUT2D eigenvalue weighted by Crippen LogP contribution is -2.21. The Balaban J connectivity index is 2.24. The van der Waals surface area contributed by atoms with Crippen LogP contribution in [0.25, 0.3) is 0 Å². The number of carbonyl (C=O) groups is 1. The van der Waals surface area contributed by atoms with Crippen molar-refractivity contribution in [2.75, 3.05) is 0 Å². The van der Waals surface area contributed by atoms with Crippen molar-refractivity contribution in [1.82, 2.24) is 0 Å². The van der Waals surface area contributed by atoms with Gasteiger partial charge in [-0.25, -0.2) is 0 Å². The zero-order valence-electron chi connectivity index (χ0n) is 9.14. The molecule has 0 aromatic heterocycles. The zero-order valence-corrected chi connectivity index (χ0v) is 9.14. The third kappa shape index (κ3) is 2.04. The van der Waals surface area contributed by atoms with Gasteiger partial charge in [-0.15, -0.1) is 0 Å². The standard InChI is InChI=1S/C13H16O2/c1-9(2)13-11(8-12(14)15-13)10-6-4-3-5-7-10/h3-7,9,11,13H,8H2,1-2H3. The van der Waals surface area contributed by atoms with E-state index >= 15 is 0 Å². The quantitative estimate of drug-likeness (QED) is 0.692. The van der Waals surface area contributed by atoms with Crippen molar-refractivity contribution in [2.45, 2.75) is 32.3 Å². The van der Waals surface area contributed by atoms with Crippen LogP contribution in [0, 0.1) is 5.92 Å². The molecule has 2 heteroatoms. The fourth-order valence-electron chi connectivity index (χ4n) is 2.19. The van der Waals surface area contributed by atoms with E-state index < -0.39 is 0 Å². The molecular formula is C13H16O2. The Bertz CT molecular complexity index is 343. The summed E-state index contributed by atoms with van der Waals surface area (Å²) in [6, 6.07) is 10.2. The number of hydrogen-bond acceptors (Lipinski definition) is 2. The third-order valence-electron chi connectivity index (χ3n) is 2.94. The molecule has 1 fully saturated rings. The molecule has 1 aromatic rings. The highest BCUT2D eigenvalue weighted by atomic mass is 16.6.